The van der Waals surface area contributed by atoms with Gasteiger partial charge in [-0.05, 0) is 130 Å². The molecule has 0 spiro atoms. The van der Waals surface area contributed by atoms with E-state index in [0.717, 1.165) is 9.80 Å². The van der Waals surface area contributed by atoms with E-state index in [1.165, 1.54) is 87.7 Å². The molecule has 2 aliphatic rings. The Bertz CT molecular complexity index is 4000. The summed E-state index contributed by atoms with van der Waals surface area (Å²) in [7, 11) is 9.69. The van der Waals surface area contributed by atoms with Crippen molar-refractivity contribution in [2.75, 3.05) is 95.1 Å². The summed E-state index contributed by atoms with van der Waals surface area (Å²) in [6.07, 6.45) is -1.68. The lowest BCUT2D eigenvalue weighted by molar-refractivity contribution is -0.157. The third kappa shape index (κ3) is 34.2. The van der Waals surface area contributed by atoms with Gasteiger partial charge in [0.2, 0.25) is 94.5 Å². The van der Waals surface area contributed by atoms with E-state index in [-0.39, 0.29) is 151 Å². The highest BCUT2D eigenvalue weighted by Gasteiger charge is 2.47. The molecule has 17 amide bonds. The van der Waals surface area contributed by atoms with Crippen molar-refractivity contribution in [3.8, 4) is 0 Å². The van der Waals surface area contributed by atoms with Gasteiger partial charge in [-0.1, -0.05) is 104 Å². The van der Waals surface area contributed by atoms with Crippen LogP contribution in [0.1, 0.15) is 211 Å². The quantitative estimate of drug-likeness (QED) is 0.0464. The largest absolute Gasteiger partial charge is 0.481 e. The lowest BCUT2D eigenvalue weighted by Crippen LogP contribution is -2.63. The predicted octanol–water partition coefficient (Wildman–Crippen LogP) is 1.39. The number of hydrogen-bond acceptors (Lipinski definition) is 20. The van der Waals surface area contributed by atoms with E-state index >= 15 is 19.2 Å². The maximum atomic E-state index is 15.7. The van der Waals surface area contributed by atoms with Gasteiger partial charge in [0.15, 0.2) is 0 Å². The Morgan fingerprint density at radius 1 is 0.444 bits per heavy atom. The number of fused-ring (bicyclic) bond motifs is 1. The third-order valence-corrected chi connectivity index (χ3v) is 22.6. The van der Waals surface area contributed by atoms with Crippen LogP contribution in [-0.2, 0) is 87.9 Å². The van der Waals surface area contributed by atoms with E-state index in [1.54, 1.807) is 59.7 Å². The summed E-state index contributed by atoms with van der Waals surface area (Å²) in [5, 5.41) is 48.0. The molecule has 13 atom stereocenters. The molecule has 38 heteroatoms. The number of amides is 17. The van der Waals surface area contributed by atoms with Crippen LogP contribution in [0.15, 0.2) is 23.2 Å². The summed E-state index contributed by atoms with van der Waals surface area (Å²) in [4.78, 5) is 263. The van der Waals surface area contributed by atoms with E-state index in [0.29, 0.717) is 23.4 Å². The second kappa shape index (κ2) is 52.4. The average molecular weight is 1780 g/mol. The summed E-state index contributed by atoms with van der Waals surface area (Å²) < 4.78 is 0. The number of likely N-dealkylation sites (N-methyl/N-ethyl adjacent to an activating group) is 7. The van der Waals surface area contributed by atoms with Gasteiger partial charge >= 0.3 is 5.97 Å². The second-order valence-corrected chi connectivity index (χ2v) is 35.9. The summed E-state index contributed by atoms with van der Waals surface area (Å²) in [5.41, 5.74) is 2.08. The van der Waals surface area contributed by atoms with Gasteiger partial charge in [-0.15, -0.1) is 0 Å². The number of aliphatic carboxylic acids is 1. The highest BCUT2D eigenvalue weighted by atomic mass is 16.4. The molecule has 0 aromatic heterocycles. The number of carboxylic acids is 1. The number of carbonyl (C=O) groups excluding carboxylic acids is 17. The number of carbonyl (C=O) groups is 18. The van der Waals surface area contributed by atoms with E-state index < -0.39 is 197 Å². The van der Waals surface area contributed by atoms with Crippen LogP contribution in [0.3, 0.4) is 0 Å². The van der Waals surface area contributed by atoms with Crippen LogP contribution in [0.4, 0.5) is 5.69 Å². The Kier molecular flexibility index (Phi) is 45.6. The highest BCUT2D eigenvalue weighted by molar-refractivity contribution is 6.01. The molecule has 38 nitrogen and oxygen atoms in total. The van der Waals surface area contributed by atoms with Gasteiger partial charge in [-0.2, -0.15) is 0 Å². The minimum atomic E-state index is -1.81. The van der Waals surface area contributed by atoms with Gasteiger partial charge in [0.05, 0.1) is 24.8 Å². The standard InChI is InChI=1S/C88H146N18O20/c1-25-60-84(122)100(18)47-72(112)101(19)63(40-48(2)3)81(119)99-74(52(10)11)87(125)102(20)64(41-49(4)5)80(118)95-56(16)78(116)96-57(17)83(121)103(21)65(42-50(6)7)85(123)104(22)66(43-51(8)9)86(124)105(23)75(53(12)13)88(126)106(24)76(82(120)98-60)77(115)55(15)45-62-54(14)44-59-46-58(26-27-61(59)97-62)79(117)94-38-32-71(111)92-36-30-69(109)90-34-28-67(107)89-35-29-68(108)91-37-31-70(110)93-39-33-73(113)114/h26-27,46,48-57,60,63-66,74-77,115H,25,28-45,47H2,1-24H3,(H,89,107)(H,90,109)(H,91,108)(H,92,111)(H,93,110)(H,94,117)(H,95,118)(H,96,116)(H,98,120)(H,99,119)(H,113,114). The SMILES string of the molecule is CCC1NC(=O)C(C(O)C(C)CC2=Nc3ccc(C(=O)NCCC(=O)NCCC(=O)NCCC(=O)NCCC(=O)NCCC(=O)NCCC(=O)O)cc3CC2C)N(C)C(=O)C(C(C)C)N(C)C(=O)C(CC(C)C)N(C)C(=O)C(CC(C)C)N(C)C(=O)C(C)NC(=O)C(C)NC(=O)C(CC(C)C)N(C)C(=O)C(C(C)C)NC(=O)C(CC(C)C)N(C)C(=O)CN(C)C1=O. The predicted molar refractivity (Wildman–Crippen MR) is 473 cm³/mol. The minimum Gasteiger partial charge on any atom is -0.481 e. The fraction of sp³-hybridized carbons (Fsp3) is 0.716. The van der Waals surface area contributed by atoms with Crippen LogP contribution in [-0.4, -0.2) is 318 Å². The van der Waals surface area contributed by atoms with E-state index in [9.17, 15) is 72.2 Å². The zero-order valence-corrected chi connectivity index (χ0v) is 78.7. The van der Waals surface area contributed by atoms with E-state index in [1.807, 2.05) is 62.3 Å². The number of aliphatic imine (C=N–C) groups is 1. The molecule has 0 bridgehead atoms. The van der Waals surface area contributed by atoms with Crippen molar-refractivity contribution >= 4 is 118 Å². The molecule has 3 rings (SSSR count). The Labute approximate surface area is 743 Å². The molecule has 0 aliphatic carbocycles. The molecule has 126 heavy (non-hydrogen) atoms. The normalized spacial score (nSPS) is 22.6. The van der Waals surface area contributed by atoms with Gasteiger partial charge in [-0.25, -0.2) is 0 Å². The Hall–Kier alpha value is -10.7. The summed E-state index contributed by atoms with van der Waals surface area (Å²) in [6.45, 7) is 28.8. The lowest BCUT2D eigenvalue weighted by atomic mass is 9.83. The smallest absolute Gasteiger partial charge is 0.305 e. The molecule has 1 aromatic carbocycles. The maximum absolute atomic E-state index is 15.7. The van der Waals surface area contributed by atoms with Crippen molar-refractivity contribution in [3.05, 3.63) is 29.3 Å². The fourth-order valence-corrected chi connectivity index (χ4v) is 15.0. The molecule has 1 aromatic rings. The maximum Gasteiger partial charge on any atom is 0.305 e. The summed E-state index contributed by atoms with van der Waals surface area (Å²) in [6, 6.07) is -8.35. The highest BCUT2D eigenvalue weighted by Crippen LogP contribution is 2.34. The summed E-state index contributed by atoms with van der Waals surface area (Å²) >= 11 is 0. The van der Waals surface area contributed by atoms with Crippen molar-refractivity contribution in [1.82, 2.24) is 87.5 Å². The lowest BCUT2D eigenvalue weighted by Gasteiger charge is -2.41. The number of nitrogens with one attached hydrogen (secondary N) is 10. The third-order valence-electron chi connectivity index (χ3n) is 22.6. The van der Waals surface area contributed by atoms with Crippen LogP contribution in [0.5, 0.6) is 0 Å². The first kappa shape index (κ1) is 109. The molecule has 12 N–H and O–H groups in total. The Balaban J connectivity index is 2.03. The molecule has 2 heterocycles. The van der Waals surface area contributed by atoms with Crippen molar-refractivity contribution < 1.29 is 96.5 Å². The van der Waals surface area contributed by atoms with E-state index in [4.69, 9.17) is 10.1 Å². The number of aliphatic hydroxyl groups excluding tert-OH is 1. The minimum absolute atomic E-state index is 0.00406. The first-order chi connectivity index (χ1) is 58.8. The number of hydrogen-bond donors (Lipinski definition) is 12. The number of aliphatic hydroxyl groups is 1. The van der Waals surface area contributed by atoms with Crippen LogP contribution >= 0.6 is 0 Å². The molecular weight excluding hydrogens is 1630 g/mol. The number of benzene rings is 1. The molecule has 0 saturated carbocycles. The summed E-state index contributed by atoms with van der Waals surface area (Å²) in [5.74, 6) is -15.1. The van der Waals surface area contributed by atoms with E-state index in [2.05, 4.69) is 53.2 Å². The Morgan fingerprint density at radius 3 is 1.29 bits per heavy atom. The molecule has 1 saturated heterocycles. The second-order valence-electron chi connectivity index (χ2n) is 35.9. The van der Waals surface area contributed by atoms with Gasteiger partial charge in [0, 0.05) is 132 Å². The molecular formula is C88H146N18O20. The van der Waals surface area contributed by atoms with Crippen molar-refractivity contribution in [3.63, 3.8) is 0 Å². The van der Waals surface area contributed by atoms with Gasteiger partial charge < -0.3 is 97.7 Å². The first-order valence-corrected chi connectivity index (χ1v) is 44.1. The monoisotopic (exact) mass is 1780 g/mol. The molecule has 708 valence electrons. The first-order valence-electron chi connectivity index (χ1n) is 44.1. The average Bonchev–Trinajstić information content (AvgIpc) is 0.796. The van der Waals surface area contributed by atoms with Crippen LogP contribution < -0.4 is 53.2 Å². The fourth-order valence-electron chi connectivity index (χ4n) is 15.0. The zero-order chi connectivity index (χ0) is 95.8. The molecule has 13 unspecified atom stereocenters. The molecule has 0 radical (unpaired) electrons. The van der Waals surface area contributed by atoms with Crippen LogP contribution in [0.2, 0.25) is 0 Å². The van der Waals surface area contributed by atoms with Gasteiger partial charge in [0.1, 0.15) is 60.4 Å². The van der Waals surface area contributed by atoms with Crippen molar-refractivity contribution in [2.45, 2.75) is 268 Å². The zero-order valence-electron chi connectivity index (χ0n) is 78.7. The van der Waals surface area contributed by atoms with Crippen LogP contribution in [0.25, 0.3) is 0 Å². The van der Waals surface area contributed by atoms with Crippen LogP contribution in [0, 0.1) is 47.3 Å². The van der Waals surface area contributed by atoms with Gasteiger partial charge in [0.25, 0.3) is 5.91 Å². The van der Waals surface area contributed by atoms with Crippen molar-refractivity contribution in [2.24, 2.45) is 52.3 Å². The number of nitrogens with zero attached hydrogens (tertiary/aromatic N) is 8. The van der Waals surface area contributed by atoms with Crippen molar-refractivity contribution in [1.29, 1.82) is 0 Å². The number of rotatable bonds is 34. The Morgan fingerprint density at radius 2 is 0.849 bits per heavy atom. The number of carboxylic acid groups (broad SMARTS) is 1. The topological polar surface area (TPSA) is 503 Å². The molecule has 2 aliphatic heterocycles. The van der Waals surface area contributed by atoms with Gasteiger partial charge in [-0.3, -0.25) is 91.3 Å². The molecule has 1 fully saturated rings.